The number of halogens is 1. The van der Waals surface area contributed by atoms with E-state index in [-0.39, 0.29) is 12.4 Å². The van der Waals surface area contributed by atoms with Crippen LogP contribution in [0.5, 0.6) is 0 Å². The number of hydrogen-bond donors (Lipinski definition) is 0. The number of carbonyl (C=O) groups is 1. The highest BCUT2D eigenvalue weighted by Crippen LogP contribution is 1.77. The summed E-state index contributed by atoms with van der Waals surface area (Å²) in [7, 11) is 1.28. The minimum Gasteiger partial charge on any atom is -0.438 e. The number of hydrogen-bond acceptors (Lipinski definition) is 3. The first-order chi connectivity index (χ1) is 3.31. The fraction of sp³-hybridized carbons (Fsp3) is 0.750. The van der Waals surface area contributed by atoms with Crippen LogP contribution in [0.15, 0.2) is 0 Å². The molecular formula is C4H9ClO3. The van der Waals surface area contributed by atoms with E-state index in [2.05, 4.69) is 9.47 Å². The predicted octanol–water partition coefficient (Wildman–Crippen LogP) is 1.21. The van der Waals surface area contributed by atoms with Crippen LogP contribution in [-0.4, -0.2) is 19.9 Å². The topological polar surface area (TPSA) is 35.5 Å². The largest absolute Gasteiger partial charge is 0.507 e. The smallest absolute Gasteiger partial charge is 0.438 e. The zero-order chi connectivity index (χ0) is 5.70. The van der Waals surface area contributed by atoms with Gasteiger partial charge in [0, 0.05) is 0 Å². The molecule has 0 saturated heterocycles. The highest BCUT2D eigenvalue weighted by Gasteiger charge is 1.92. The van der Waals surface area contributed by atoms with Crippen molar-refractivity contribution in [3.8, 4) is 0 Å². The summed E-state index contributed by atoms with van der Waals surface area (Å²) in [6, 6.07) is 0. The van der Waals surface area contributed by atoms with Gasteiger partial charge in [0.1, 0.15) is 0 Å². The molecule has 0 spiro atoms. The Balaban J connectivity index is 0. The van der Waals surface area contributed by atoms with Gasteiger partial charge in [0.15, 0.2) is 0 Å². The zero-order valence-electron chi connectivity index (χ0n) is 4.84. The third-order valence-electron chi connectivity index (χ3n) is 0.429. The van der Waals surface area contributed by atoms with E-state index in [1.54, 1.807) is 6.92 Å². The van der Waals surface area contributed by atoms with Crippen molar-refractivity contribution in [1.82, 2.24) is 0 Å². The Morgan fingerprint density at radius 3 is 2.25 bits per heavy atom. The van der Waals surface area contributed by atoms with Gasteiger partial charge in [-0.05, 0) is 6.92 Å². The van der Waals surface area contributed by atoms with E-state index < -0.39 is 6.16 Å². The van der Waals surface area contributed by atoms with Crippen molar-refractivity contribution in [2.75, 3.05) is 13.7 Å². The highest BCUT2D eigenvalue weighted by atomic mass is 35.5. The van der Waals surface area contributed by atoms with Crippen molar-refractivity contribution in [3.05, 3.63) is 0 Å². The van der Waals surface area contributed by atoms with E-state index in [1.165, 1.54) is 7.11 Å². The molecule has 0 saturated carbocycles. The van der Waals surface area contributed by atoms with E-state index in [0.29, 0.717) is 6.61 Å². The van der Waals surface area contributed by atoms with Gasteiger partial charge in [0.25, 0.3) is 0 Å². The molecule has 0 aliphatic carbocycles. The molecule has 0 atom stereocenters. The Kier molecular flexibility index (Phi) is 8.63. The van der Waals surface area contributed by atoms with Crippen LogP contribution in [0.25, 0.3) is 0 Å². The summed E-state index contributed by atoms with van der Waals surface area (Å²) in [6.45, 7) is 2.09. The third-order valence-corrected chi connectivity index (χ3v) is 0.429. The molecule has 0 amide bonds. The second kappa shape index (κ2) is 6.56. The van der Waals surface area contributed by atoms with Gasteiger partial charge in [0.05, 0.1) is 13.7 Å². The van der Waals surface area contributed by atoms with Crippen LogP contribution in [0, 0.1) is 0 Å². The van der Waals surface area contributed by atoms with Crippen molar-refractivity contribution in [2.24, 2.45) is 0 Å². The summed E-state index contributed by atoms with van der Waals surface area (Å²) >= 11 is 0. The number of methoxy groups -OCH3 is 1. The molecule has 0 aliphatic rings. The lowest BCUT2D eigenvalue weighted by atomic mass is 10.9. The van der Waals surface area contributed by atoms with Gasteiger partial charge in [-0.25, -0.2) is 4.79 Å². The lowest BCUT2D eigenvalue weighted by Crippen LogP contribution is -2.02. The number of ether oxygens (including phenoxy) is 2. The molecule has 0 fully saturated rings. The van der Waals surface area contributed by atoms with Gasteiger partial charge < -0.3 is 9.47 Å². The Morgan fingerprint density at radius 2 is 2.12 bits per heavy atom. The maximum Gasteiger partial charge on any atom is 0.507 e. The van der Waals surface area contributed by atoms with Crippen LogP contribution in [0.1, 0.15) is 6.92 Å². The molecule has 0 rings (SSSR count). The Labute approximate surface area is 54.4 Å². The van der Waals surface area contributed by atoms with Gasteiger partial charge in [0.2, 0.25) is 0 Å². The molecule has 0 aromatic heterocycles. The maximum absolute atomic E-state index is 9.97. The first kappa shape index (κ1) is 10.5. The maximum atomic E-state index is 9.97. The summed E-state index contributed by atoms with van der Waals surface area (Å²) in [5, 5.41) is 0. The molecule has 0 bridgehead atoms. The van der Waals surface area contributed by atoms with Gasteiger partial charge in [-0.2, -0.15) is 0 Å². The summed E-state index contributed by atoms with van der Waals surface area (Å²) in [5.41, 5.74) is 0. The standard InChI is InChI=1S/C4H8O3.ClH/c1-3-7-4(5)6-2;/h3H2,1-2H3;1H. The normalized spacial score (nSPS) is 6.75. The molecule has 0 aromatic carbocycles. The number of rotatable bonds is 1. The Hall–Kier alpha value is -0.440. The quantitative estimate of drug-likeness (QED) is 0.514. The molecule has 0 unspecified atom stereocenters. The molecule has 8 heavy (non-hydrogen) atoms. The van der Waals surface area contributed by atoms with Crippen molar-refractivity contribution in [3.63, 3.8) is 0 Å². The van der Waals surface area contributed by atoms with E-state index in [0.717, 1.165) is 0 Å². The molecule has 0 aliphatic heterocycles. The van der Waals surface area contributed by atoms with Crippen LogP contribution >= 0.6 is 12.4 Å². The molecule has 50 valence electrons. The van der Waals surface area contributed by atoms with Crippen LogP contribution in [0.4, 0.5) is 4.79 Å². The van der Waals surface area contributed by atoms with Crippen molar-refractivity contribution >= 4 is 18.6 Å². The average molecular weight is 141 g/mol. The van der Waals surface area contributed by atoms with Crippen LogP contribution in [-0.2, 0) is 9.47 Å². The second-order valence-electron chi connectivity index (χ2n) is 0.887. The average Bonchev–Trinajstić information content (AvgIpc) is 1.68. The highest BCUT2D eigenvalue weighted by molar-refractivity contribution is 5.85. The van der Waals surface area contributed by atoms with Gasteiger partial charge >= 0.3 is 6.16 Å². The molecule has 3 nitrogen and oxygen atoms in total. The fourth-order valence-electron chi connectivity index (χ4n) is 0.177. The second-order valence-corrected chi connectivity index (χ2v) is 0.887. The first-order valence-corrected chi connectivity index (χ1v) is 2.02. The molecule has 0 radical (unpaired) electrons. The van der Waals surface area contributed by atoms with Crippen molar-refractivity contribution in [2.45, 2.75) is 6.92 Å². The molecule has 4 heteroatoms. The first-order valence-electron chi connectivity index (χ1n) is 2.02. The summed E-state index contributed by atoms with van der Waals surface area (Å²) in [4.78, 5) is 9.97. The zero-order valence-corrected chi connectivity index (χ0v) is 5.66. The van der Waals surface area contributed by atoms with Crippen LogP contribution in [0.2, 0.25) is 0 Å². The Bertz CT molecular complexity index is 64.3. The lowest BCUT2D eigenvalue weighted by molar-refractivity contribution is 0.0771. The summed E-state index contributed by atoms with van der Waals surface area (Å²) in [6.07, 6.45) is -0.623. The minimum atomic E-state index is -0.623. The van der Waals surface area contributed by atoms with Gasteiger partial charge in [-0.15, -0.1) is 12.4 Å². The van der Waals surface area contributed by atoms with E-state index >= 15 is 0 Å². The molecule has 0 heterocycles. The Morgan fingerprint density at radius 1 is 1.62 bits per heavy atom. The minimum absolute atomic E-state index is 0. The van der Waals surface area contributed by atoms with Crippen molar-refractivity contribution < 1.29 is 14.3 Å². The van der Waals surface area contributed by atoms with Crippen molar-refractivity contribution in [1.29, 1.82) is 0 Å². The molecule has 0 aromatic rings. The van der Waals surface area contributed by atoms with Gasteiger partial charge in [-0.1, -0.05) is 0 Å². The van der Waals surface area contributed by atoms with Crippen LogP contribution < -0.4 is 0 Å². The monoisotopic (exact) mass is 140 g/mol. The third kappa shape index (κ3) is 5.56. The number of carbonyl (C=O) groups excluding carboxylic acids is 1. The lowest BCUT2D eigenvalue weighted by Gasteiger charge is -1.94. The SMILES string of the molecule is CCOC(=O)OC.Cl. The van der Waals surface area contributed by atoms with E-state index in [4.69, 9.17) is 0 Å². The summed E-state index contributed by atoms with van der Waals surface area (Å²) in [5.74, 6) is 0. The van der Waals surface area contributed by atoms with E-state index in [9.17, 15) is 4.79 Å². The molecular weight excluding hydrogens is 131 g/mol. The summed E-state index contributed by atoms with van der Waals surface area (Å²) < 4.78 is 8.46. The molecule has 0 N–H and O–H groups in total. The van der Waals surface area contributed by atoms with Crippen LogP contribution in [0.3, 0.4) is 0 Å². The van der Waals surface area contributed by atoms with Gasteiger partial charge in [-0.3, -0.25) is 0 Å². The fourth-order valence-corrected chi connectivity index (χ4v) is 0.177. The predicted molar refractivity (Wildman–Crippen MR) is 31.3 cm³/mol. The van der Waals surface area contributed by atoms with E-state index in [1.807, 2.05) is 0 Å².